The number of nitrogens with one attached hydrogen (secondary N) is 3. The first-order chi connectivity index (χ1) is 32.3. The van der Waals surface area contributed by atoms with Gasteiger partial charge in [0.1, 0.15) is 36.4 Å². The minimum Gasteiger partial charge on any atom is -0.489 e. The van der Waals surface area contributed by atoms with Gasteiger partial charge in [0, 0.05) is 80.9 Å². The van der Waals surface area contributed by atoms with Crippen molar-refractivity contribution >= 4 is 40.9 Å². The van der Waals surface area contributed by atoms with Crippen LogP contribution < -0.4 is 25.7 Å². The average molecular weight is 952 g/mol. The normalized spacial score (nSPS) is 23.1. The molecule has 2 aliphatic carbocycles. The average Bonchev–Trinajstić information content (AvgIpc) is 4.00. The van der Waals surface area contributed by atoms with Gasteiger partial charge in [-0.25, -0.2) is 10.4 Å². The molecule has 3 amide bonds. The number of nitrogens with zero attached hydrogens (tertiary/aromatic N) is 5. The quantitative estimate of drug-likeness (QED) is 0.115. The molecule has 1 aromatic heterocycles. The van der Waals surface area contributed by atoms with Crippen LogP contribution in [-0.2, 0) is 25.7 Å². The lowest BCUT2D eigenvalue weighted by atomic mass is 9.49. The highest BCUT2D eigenvalue weighted by Crippen LogP contribution is 2.55. The number of benzene rings is 2. The molecule has 0 spiro atoms. The molecule has 4 aliphatic rings. The third kappa shape index (κ3) is 11.7. The van der Waals surface area contributed by atoms with Gasteiger partial charge in [-0.2, -0.15) is 5.26 Å². The van der Waals surface area contributed by atoms with Crippen molar-refractivity contribution in [3.8, 4) is 11.8 Å². The van der Waals surface area contributed by atoms with E-state index in [2.05, 4.69) is 88.9 Å². The van der Waals surface area contributed by atoms with Crippen LogP contribution in [0.15, 0.2) is 60.8 Å². The number of hydrogen-bond donors (Lipinski definition) is 3. The highest BCUT2D eigenvalue weighted by Gasteiger charge is 2.64. The van der Waals surface area contributed by atoms with E-state index in [-0.39, 0.29) is 65.6 Å². The number of amides is 3. The monoisotopic (exact) mass is 951 g/mol. The smallest absolute Gasteiger partial charge is 0.253 e. The zero-order valence-electron chi connectivity index (χ0n) is 41.2. The third-order valence-corrected chi connectivity index (χ3v) is 15.1. The van der Waals surface area contributed by atoms with Crippen molar-refractivity contribution < 1.29 is 28.7 Å². The van der Waals surface area contributed by atoms with Crippen molar-refractivity contribution in [1.29, 1.82) is 5.26 Å². The Morgan fingerprint density at radius 2 is 1.66 bits per heavy atom. The number of hydrazine groups is 1. The number of ketones is 1. The number of halogens is 1. The number of ether oxygens (including phenoxy) is 2. The number of carbonyl (C=O) groups is 4. The molecule has 14 nitrogen and oxygen atoms in total. The third-order valence-electron chi connectivity index (χ3n) is 14.8. The maximum atomic E-state index is 14.2. The summed E-state index contributed by atoms with van der Waals surface area (Å²) in [7, 11) is 0. The van der Waals surface area contributed by atoms with Crippen LogP contribution in [0.2, 0.25) is 5.02 Å². The van der Waals surface area contributed by atoms with Gasteiger partial charge in [0.15, 0.2) is 5.78 Å². The fourth-order valence-corrected chi connectivity index (χ4v) is 11.3. The van der Waals surface area contributed by atoms with Gasteiger partial charge in [0.05, 0.1) is 28.7 Å². The van der Waals surface area contributed by atoms with Crippen LogP contribution in [0.5, 0.6) is 5.75 Å². The van der Waals surface area contributed by atoms with Gasteiger partial charge in [0.2, 0.25) is 11.8 Å². The molecule has 2 saturated heterocycles. The highest BCUT2D eigenvalue weighted by molar-refractivity contribution is 6.31. The fraction of sp³-hybridized carbons (Fsp3) is 0.585. The predicted octanol–water partition coefficient (Wildman–Crippen LogP) is 7.45. The van der Waals surface area contributed by atoms with Crippen LogP contribution in [0.3, 0.4) is 0 Å². The van der Waals surface area contributed by atoms with Gasteiger partial charge < -0.3 is 25.0 Å². The molecular weight excluding hydrogens is 880 g/mol. The van der Waals surface area contributed by atoms with Crippen LogP contribution in [0, 0.1) is 33.5 Å². The van der Waals surface area contributed by atoms with E-state index in [0.717, 1.165) is 37.6 Å². The fourth-order valence-electron chi connectivity index (χ4n) is 11.1. The van der Waals surface area contributed by atoms with Gasteiger partial charge in [-0.1, -0.05) is 97.2 Å². The summed E-state index contributed by atoms with van der Waals surface area (Å²) in [6.07, 6.45) is 6.97. The van der Waals surface area contributed by atoms with Crippen molar-refractivity contribution in [3.05, 3.63) is 88.1 Å². The largest absolute Gasteiger partial charge is 0.489 e. The number of pyridine rings is 1. The summed E-state index contributed by atoms with van der Waals surface area (Å²) < 4.78 is 12.3. The van der Waals surface area contributed by atoms with Crippen LogP contribution in [0.1, 0.15) is 127 Å². The Morgan fingerprint density at radius 3 is 2.28 bits per heavy atom. The maximum absolute atomic E-state index is 14.2. The van der Waals surface area contributed by atoms with Gasteiger partial charge in [-0.05, 0) is 72.9 Å². The van der Waals surface area contributed by atoms with Crippen molar-refractivity contribution in [3.63, 3.8) is 0 Å². The zero-order valence-corrected chi connectivity index (χ0v) is 42.0. The molecule has 0 radical (unpaired) electrons. The van der Waals surface area contributed by atoms with E-state index < -0.39 is 17.4 Å². The number of rotatable bonds is 17. The number of hydrogen-bond acceptors (Lipinski definition) is 11. The van der Waals surface area contributed by atoms with Crippen LogP contribution in [-0.4, -0.2) is 109 Å². The lowest BCUT2D eigenvalue weighted by molar-refractivity contribution is -0.164. The summed E-state index contributed by atoms with van der Waals surface area (Å²) >= 11 is 6.26. The van der Waals surface area contributed by atoms with E-state index in [1.807, 2.05) is 39.8 Å². The Balaban J connectivity index is 0.819. The Labute approximate surface area is 407 Å². The number of piperazine rings is 1. The predicted molar refractivity (Wildman–Crippen MR) is 263 cm³/mol. The second-order valence-corrected chi connectivity index (χ2v) is 22.1. The second-order valence-electron chi connectivity index (χ2n) is 21.7. The molecule has 3 N–H and O–H groups in total. The summed E-state index contributed by atoms with van der Waals surface area (Å²) in [5.74, 6) is 0.568. The first kappa shape index (κ1) is 50.8. The summed E-state index contributed by atoms with van der Waals surface area (Å²) in [4.78, 5) is 63.7. The lowest BCUT2D eigenvalue weighted by Crippen LogP contribution is -2.74. The van der Waals surface area contributed by atoms with Gasteiger partial charge in [0.25, 0.3) is 5.91 Å². The molecule has 68 heavy (non-hydrogen) atoms. The van der Waals surface area contributed by atoms with Crippen molar-refractivity contribution in [1.82, 2.24) is 31.0 Å². The molecule has 3 heterocycles. The number of carbonyl (C=O) groups excluding carboxylic acids is 4. The lowest BCUT2D eigenvalue weighted by Gasteiger charge is -2.63. The number of Topliss-reactive ketones (excluding diaryl/α,β-unsaturated/α-hetero) is 1. The first-order valence-corrected chi connectivity index (χ1v) is 24.8. The zero-order chi connectivity index (χ0) is 49.0. The first-order valence-electron chi connectivity index (χ1n) is 24.4. The van der Waals surface area contributed by atoms with Crippen molar-refractivity contribution in [2.75, 3.05) is 50.8 Å². The minimum absolute atomic E-state index is 0.0196. The van der Waals surface area contributed by atoms with E-state index in [4.69, 9.17) is 21.1 Å². The Bertz CT molecular complexity index is 2300. The summed E-state index contributed by atoms with van der Waals surface area (Å²) in [6, 6.07) is 18.4. The SMILES string of the molecule is C[C@@H]1C[C@@H](C(=O)NCc2ccc(C3CCCC3)cc2)N(C(=O)[C@@H](CC(=O)COCCN2CCN(c3ccc(C(=O)NC4C(C)(C)C(Oc5ccc(C#N)c(Cl)c5)C4(C)C)cn3)CC2)C(C)(C)C)N1. The van der Waals surface area contributed by atoms with Crippen LogP contribution >= 0.6 is 11.6 Å². The minimum atomic E-state index is -0.674. The molecule has 0 unspecified atom stereocenters. The Kier molecular flexibility index (Phi) is 15.9. The molecular formula is C53H71ClN8O6. The van der Waals surface area contributed by atoms with Gasteiger partial charge in [-0.3, -0.25) is 29.1 Å². The molecule has 3 aromatic rings. The number of nitriles is 1. The van der Waals surface area contributed by atoms with Crippen LogP contribution in [0.25, 0.3) is 0 Å². The number of aromatic nitrogens is 1. The van der Waals surface area contributed by atoms with E-state index in [0.29, 0.717) is 53.9 Å². The van der Waals surface area contributed by atoms with Gasteiger partial charge in [-0.15, -0.1) is 0 Å². The van der Waals surface area contributed by atoms with Crippen molar-refractivity contribution in [2.45, 2.75) is 131 Å². The number of anilines is 1. The molecule has 0 bridgehead atoms. The van der Waals surface area contributed by atoms with Gasteiger partial charge >= 0.3 is 0 Å². The van der Waals surface area contributed by atoms with E-state index in [1.165, 1.54) is 36.3 Å². The molecule has 2 aliphatic heterocycles. The van der Waals surface area contributed by atoms with E-state index in [1.54, 1.807) is 24.4 Å². The maximum Gasteiger partial charge on any atom is 0.253 e. The topological polar surface area (TPSA) is 169 Å². The van der Waals surface area contributed by atoms with Crippen LogP contribution in [0.4, 0.5) is 5.82 Å². The molecule has 366 valence electrons. The molecule has 15 heteroatoms. The van der Waals surface area contributed by atoms with Crippen molar-refractivity contribution in [2.24, 2.45) is 22.2 Å². The van der Waals surface area contributed by atoms with E-state index in [9.17, 15) is 24.4 Å². The molecule has 3 atom stereocenters. The van der Waals surface area contributed by atoms with E-state index >= 15 is 0 Å². The Morgan fingerprint density at radius 1 is 0.971 bits per heavy atom. The second kappa shape index (κ2) is 21.3. The standard InChI is InChI=1S/C53H71ClN8O6/c1-34-27-44(47(65)57-31-35-13-15-37(16-14-35)36-11-9-10-12-36)62(59-34)48(66)42(51(2,3)4)28-40(63)33-67-26-25-60-21-23-61(24-22-60)45-20-18-39(32-56-45)46(64)58-49-52(5,6)50(53(49,7)8)68-41-19-17-38(30-55)43(54)29-41/h13-20,29,32,34,36,42,44,49-50,59H,9-12,21-28,31,33H2,1-8H3,(H,57,65)(H,58,64)/t34-,42-,44+,49?,50?/m1/s1. The summed E-state index contributed by atoms with van der Waals surface area (Å²) in [6.45, 7) is 20.5. The molecule has 2 saturated carbocycles. The highest BCUT2D eigenvalue weighted by atomic mass is 35.5. The Hall–Kier alpha value is -5.07. The molecule has 7 rings (SSSR count). The molecule has 4 fully saturated rings. The summed E-state index contributed by atoms with van der Waals surface area (Å²) in [5.41, 5.74) is 5.17. The summed E-state index contributed by atoms with van der Waals surface area (Å²) in [5, 5.41) is 17.3. The molecule has 2 aromatic carbocycles.